The van der Waals surface area contributed by atoms with Crippen LogP contribution in [0.3, 0.4) is 0 Å². The van der Waals surface area contributed by atoms with Crippen LogP contribution in [0, 0.1) is 0 Å². The van der Waals surface area contributed by atoms with E-state index in [9.17, 15) is 18.0 Å². The van der Waals surface area contributed by atoms with Crippen molar-refractivity contribution in [3.05, 3.63) is 53.6 Å². The van der Waals surface area contributed by atoms with Gasteiger partial charge in [0.2, 0.25) is 0 Å². The van der Waals surface area contributed by atoms with Gasteiger partial charge in [0.1, 0.15) is 16.4 Å². The first-order valence-electron chi connectivity index (χ1n) is 8.45. The highest BCUT2D eigenvalue weighted by molar-refractivity contribution is 7.86. The number of carbonyl (C=O) groups is 2. The summed E-state index contributed by atoms with van der Waals surface area (Å²) in [5.74, 6) is -0.314. The number of hydrogen-bond donors (Lipinski definition) is 0. The number of carbonyl (C=O) groups excluding carboxylic acids is 2. The molecule has 1 aliphatic heterocycles. The van der Waals surface area contributed by atoms with Crippen molar-refractivity contribution in [2.24, 2.45) is 0 Å². The molecule has 8 nitrogen and oxygen atoms in total. The van der Waals surface area contributed by atoms with Gasteiger partial charge in [-0.1, -0.05) is 12.1 Å². The fourth-order valence-electron chi connectivity index (χ4n) is 2.88. The molecule has 0 radical (unpaired) electrons. The highest BCUT2D eigenvalue weighted by atomic mass is 32.2. The summed E-state index contributed by atoms with van der Waals surface area (Å²) in [5, 5.41) is 0. The highest BCUT2D eigenvalue weighted by Gasteiger charge is 2.34. The van der Waals surface area contributed by atoms with Crippen molar-refractivity contribution in [3.63, 3.8) is 0 Å². The lowest BCUT2D eigenvalue weighted by Gasteiger charge is -2.14. The predicted octanol–water partition coefficient (Wildman–Crippen LogP) is 2.10. The van der Waals surface area contributed by atoms with Crippen LogP contribution >= 0.6 is 0 Å². The van der Waals surface area contributed by atoms with Gasteiger partial charge in [-0.3, -0.25) is 18.7 Å². The van der Waals surface area contributed by atoms with Gasteiger partial charge in [0.25, 0.3) is 11.8 Å². The minimum Gasteiger partial charge on any atom is -0.497 e. The zero-order valence-corrected chi connectivity index (χ0v) is 16.2. The molecule has 0 atom stereocenters. The van der Waals surface area contributed by atoms with Crippen LogP contribution in [0.2, 0.25) is 0 Å². The zero-order valence-electron chi connectivity index (χ0n) is 15.4. The number of fused-ring (bicyclic) bond motifs is 1. The second kappa shape index (κ2) is 7.99. The molecule has 9 heteroatoms. The molecule has 0 saturated carbocycles. The first-order chi connectivity index (χ1) is 13.4. The third-order valence-corrected chi connectivity index (χ3v) is 5.62. The van der Waals surface area contributed by atoms with Crippen molar-refractivity contribution in [2.45, 2.75) is 11.3 Å². The van der Waals surface area contributed by atoms with E-state index in [1.807, 2.05) is 0 Å². The Morgan fingerprint density at radius 2 is 1.57 bits per heavy atom. The SMILES string of the molecule is COc1ccc(OC)c(S(=O)(=O)OCCCN2C(=O)c3ccccc3C2=O)c1. The second-order valence-electron chi connectivity index (χ2n) is 5.95. The molecule has 3 rings (SSSR count). The normalized spacial score (nSPS) is 13.6. The topological polar surface area (TPSA) is 99.2 Å². The van der Waals surface area contributed by atoms with Crippen LogP contribution in [-0.4, -0.2) is 52.5 Å². The van der Waals surface area contributed by atoms with Crippen molar-refractivity contribution < 1.29 is 31.7 Å². The van der Waals surface area contributed by atoms with E-state index >= 15 is 0 Å². The van der Waals surface area contributed by atoms with Crippen LogP contribution < -0.4 is 9.47 Å². The molecule has 0 unspecified atom stereocenters. The smallest absolute Gasteiger partial charge is 0.300 e. The van der Waals surface area contributed by atoms with Crippen molar-refractivity contribution in [1.82, 2.24) is 4.90 Å². The Morgan fingerprint density at radius 3 is 2.14 bits per heavy atom. The number of ether oxygens (including phenoxy) is 2. The summed E-state index contributed by atoms with van der Waals surface area (Å²) < 4.78 is 40.1. The number of nitrogens with zero attached hydrogens (tertiary/aromatic N) is 1. The minimum absolute atomic E-state index is 0.0527. The molecule has 1 heterocycles. The van der Waals surface area contributed by atoms with E-state index < -0.39 is 21.9 Å². The molecule has 1 aliphatic rings. The van der Waals surface area contributed by atoms with Gasteiger partial charge in [0.05, 0.1) is 32.0 Å². The number of methoxy groups -OCH3 is 2. The lowest BCUT2D eigenvalue weighted by Crippen LogP contribution is -2.31. The summed E-state index contributed by atoms with van der Waals surface area (Å²) in [6.07, 6.45) is 0.164. The molecular formula is C19H19NO7S. The van der Waals surface area contributed by atoms with Crippen LogP contribution in [-0.2, 0) is 14.3 Å². The lowest BCUT2D eigenvalue weighted by atomic mass is 10.1. The van der Waals surface area contributed by atoms with Crippen LogP contribution in [0.4, 0.5) is 0 Å². The molecule has 0 fully saturated rings. The first kappa shape index (κ1) is 19.8. The highest BCUT2D eigenvalue weighted by Crippen LogP contribution is 2.29. The summed E-state index contributed by atoms with van der Waals surface area (Å²) in [7, 11) is -1.34. The van der Waals surface area contributed by atoms with E-state index in [1.165, 1.54) is 26.4 Å². The molecule has 0 aromatic heterocycles. The molecule has 0 spiro atoms. The Labute approximate surface area is 162 Å². The number of rotatable bonds is 8. The average Bonchev–Trinajstić information content (AvgIpc) is 2.95. The van der Waals surface area contributed by atoms with Crippen molar-refractivity contribution in [1.29, 1.82) is 0 Å². The molecule has 2 amide bonds. The Balaban J connectivity index is 1.63. The molecule has 0 aliphatic carbocycles. The van der Waals surface area contributed by atoms with Crippen molar-refractivity contribution >= 4 is 21.9 Å². The van der Waals surface area contributed by atoms with Crippen molar-refractivity contribution in [3.8, 4) is 11.5 Å². The maximum absolute atomic E-state index is 12.5. The molecule has 0 bridgehead atoms. The van der Waals surface area contributed by atoms with Gasteiger partial charge in [-0.05, 0) is 30.7 Å². The summed E-state index contributed by atoms with van der Waals surface area (Å²) in [4.78, 5) is 25.5. The largest absolute Gasteiger partial charge is 0.497 e. The van der Waals surface area contributed by atoms with Gasteiger partial charge in [-0.25, -0.2) is 0 Å². The summed E-state index contributed by atoms with van der Waals surface area (Å²) in [6, 6.07) is 10.9. The van der Waals surface area contributed by atoms with E-state index in [-0.39, 0.29) is 30.2 Å². The monoisotopic (exact) mass is 405 g/mol. The Kier molecular flexibility index (Phi) is 5.66. The second-order valence-corrected chi connectivity index (χ2v) is 7.54. The third-order valence-electron chi connectivity index (χ3n) is 4.28. The summed E-state index contributed by atoms with van der Waals surface area (Å²) >= 11 is 0. The number of hydrogen-bond acceptors (Lipinski definition) is 7. The van der Waals surface area contributed by atoms with Gasteiger partial charge in [-0.2, -0.15) is 8.42 Å². The first-order valence-corrected chi connectivity index (χ1v) is 9.86. The molecule has 2 aromatic carbocycles. The Morgan fingerprint density at radius 1 is 0.929 bits per heavy atom. The summed E-state index contributed by atoms with van der Waals surface area (Å²) in [5.41, 5.74) is 0.698. The number of amides is 2. The fraction of sp³-hybridized carbons (Fsp3) is 0.263. The van der Waals surface area contributed by atoms with Crippen molar-refractivity contribution in [2.75, 3.05) is 27.4 Å². The number of imide groups is 1. The number of benzene rings is 2. The molecular weight excluding hydrogens is 386 g/mol. The van der Waals surface area contributed by atoms with E-state index in [0.29, 0.717) is 16.9 Å². The fourth-order valence-corrected chi connectivity index (χ4v) is 4.00. The van der Waals surface area contributed by atoms with Crippen LogP contribution in [0.5, 0.6) is 11.5 Å². The van der Waals surface area contributed by atoms with E-state index in [1.54, 1.807) is 30.3 Å². The zero-order chi connectivity index (χ0) is 20.3. The van der Waals surface area contributed by atoms with Crippen LogP contribution in [0.25, 0.3) is 0 Å². The van der Waals surface area contributed by atoms with E-state index in [4.69, 9.17) is 13.7 Å². The van der Waals surface area contributed by atoms with Gasteiger partial charge in [-0.15, -0.1) is 0 Å². The maximum Gasteiger partial charge on any atom is 0.300 e. The Hall–Kier alpha value is -2.91. The standard InChI is InChI=1S/C19H19NO7S/c1-25-13-8-9-16(26-2)17(12-13)28(23,24)27-11-5-10-20-18(21)14-6-3-4-7-15(14)19(20)22/h3-4,6-9,12H,5,10-11H2,1-2H3. The predicted molar refractivity (Wildman–Crippen MR) is 99.1 cm³/mol. The van der Waals surface area contributed by atoms with E-state index in [2.05, 4.69) is 0 Å². The van der Waals surface area contributed by atoms with Crippen LogP contribution in [0.1, 0.15) is 27.1 Å². The maximum atomic E-state index is 12.5. The lowest BCUT2D eigenvalue weighted by molar-refractivity contribution is 0.0647. The molecule has 148 valence electrons. The van der Waals surface area contributed by atoms with Gasteiger partial charge in [0, 0.05) is 12.6 Å². The molecule has 0 saturated heterocycles. The summed E-state index contributed by atoms with van der Waals surface area (Å²) in [6.45, 7) is -0.146. The Bertz CT molecular complexity index is 982. The van der Waals surface area contributed by atoms with Gasteiger partial charge >= 0.3 is 10.1 Å². The third kappa shape index (κ3) is 3.71. The molecule has 2 aromatic rings. The van der Waals surface area contributed by atoms with Gasteiger partial charge in [0.15, 0.2) is 0 Å². The van der Waals surface area contributed by atoms with Gasteiger partial charge < -0.3 is 9.47 Å². The molecule has 0 N–H and O–H groups in total. The molecule has 28 heavy (non-hydrogen) atoms. The minimum atomic E-state index is -4.11. The van der Waals surface area contributed by atoms with E-state index in [0.717, 1.165) is 4.90 Å². The quantitative estimate of drug-likeness (QED) is 0.377. The van der Waals surface area contributed by atoms with Crippen LogP contribution in [0.15, 0.2) is 47.4 Å². The average molecular weight is 405 g/mol.